The van der Waals surface area contributed by atoms with Gasteiger partial charge in [0.15, 0.2) is 0 Å². The molecule has 1 atom stereocenters. The number of alkyl halides is 3. The molecule has 0 aliphatic rings. The van der Waals surface area contributed by atoms with Crippen molar-refractivity contribution in [1.82, 2.24) is 4.98 Å². The molecule has 0 spiro atoms. The molecule has 16 heavy (non-hydrogen) atoms. The smallest absolute Gasteiger partial charge is 0.381 e. The second-order valence-electron chi connectivity index (χ2n) is 2.97. The maximum atomic E-state index is 12.4. The van der Waals surface area contributed by atoms with E-state index in [0.717, 1.165) is 12.3 Å². The highest BCUT2D eigenvalue weighted by Crippen LogP contribution is 2.32. The summed E-state index contributed by atoms with van der Waals surface area (Å²) in [6, 6.07) is 2.14. The van der Waals surface area contributed by atoms with Gasteiger partial charge in [0, 0.05) is 16.7 Å². The molecule has 8 heteroatoms. The molecule has 0 saturated heterocycles. The molecule has 1 N–H and O–H groups in total. The van der Waals surface area contributed by atoms with Gasteiger partial charge in [-0.05, 0) is 6.07 Å². The molecule has 5 nitrogen and oxygen atoms in total. The SMILES string of the molecule is O=[N+]([O-])CC(O)c1cccnc1C(F)(F)F. The fourth-order valence-electron chi connectivity index (χ4n) is 1.16. The van der Waals surface area contributed by atoms with Crippen LogP contribution in [-0.2, 0) is 6.18 Å². The van der Waals surface area contributed by atoms with E-state index >= 15 is 0 Å². The summed E-state index contributed by atoms with van der Waals surface area (Å²) < 4.78 is 37.2. The quantitative estimate of drug-likeness (QED) is 0.635. The molecule has 0 fully saturated rings. The fourth-order valence-corrected chi connectivity index (χ4v) is 1.16. The average molecular weight is 236 g/mol. The average Bonchev–Trinajstić information content (AvgIpc) is 2.15. The van der Waals surface area contributed by atoms with Crippen molar-refractivity contribution in [2.75, 3.05) is 6.54 Å². The van der Waals surface area contributed by atoms with E-state index < -0.39 is 35.0 Å². The van der Waals surface area contributed by atoms with E-state index in [1.54, 1.807) is 0 Å². The zero-order valence-electron chi connectivity index (χ0n) is 7.81. The molecule has 1 aromatic rings. The Bertz CT molecular complexity index is 394. The van der Waals surface area contributed by atoms with Gasteiger partial charge < -0.3 is 5.11 Å². The van der Waals surface area contributed by atoms with E-state index in [-0.39, 0.29) is 0 Å². The van der Waals surface area contributed by atoms with Crippen molar-refractivity contribution in [3.8, 4) is 0 Å². The Morgan fingerprint density at radius 2 is 2.19 bits per heavy atom. The maximum absolute atomic E-state index is 12.4. The summed E-state index contributed by atoms with van der Waals surface area (Å²) in [7, 11) is 0. The summed E-state index contributed by atoms with van der Waals surface area (Å²) in [5.74, 6) is 0. The predicted octanol–water partition coefficient (Wildman–Crippen LogP) is 1.41. The minimum Gasteiger partial charge on any atom is -0.381 e. The number of hydrogen-bond donors (Lipinski definition) is 1. The Morgan fingerprint density at radius 3 is 2.69 bits per heavy atom. The molecule has 1 unspecified atom stereocenters. The number of hydrogen-bond acceptors (Lipinski definition) is 4. The first-order valence-corrected chi connectivity index (χ1v) is 4.14. The van der Waals surface area contributed by atoms with Crippen molar-refractivity contribution in [3.05, 3.63) is 39.7 Å². The Morgan fingerprint density at radius 1 is 1.56 bits per heavy atom. The van der Waals surface area contributed by atoms with Gasteiger partial charge in [0.05, 0.1) is 0 Å². The van der Waals surface area contributed by atoms with Crippen LogP contribution >= 0.6 is 0 Å². The van der Waals surface area contributed by atoms with Gasteiger partial charge in [-0.1, -0.05) is 6.07 Å². The Hall–Kier alpha value is -1.70. The van der Waals surface area contributed by atoms with Crippen molar-refractivity contribution < 1.29 is 23.2 Å². The summed E-state index contributed by atoms with van der Waals surface area (Å²) >= 11 is 0. The summed E-state index contributed by atoms with van der Waals surface area (Å²) in [6.45, 7) is -0.991. The first-order chi connectivity index (χ1) is 7.32. The van der Waals surface area contributed by atoms with Crippen molar-refractivity contribution in [1.29, 1.82) is 0 Å². The Kier molecular flexibility index (Phi) is 3.43. The van der Waals surface area contributed by atoms with Crippen LogP contribution in [0.3, 0.4) is 0 Å². The van der Waals surface area contributed by atoms with Crippen LogP contribution in [0.4, 0.5) is 13.2 Å². The Balaban J connectivity index is 3.08. The van der Waals surface area contributed by atoms with Gasteiger partial charge in [0.1, 0.15) is 11.8 Å². The van der Waals surface area contributed by atoms with E-state index in [1.807, 2.05) is 0 Å². The van der Waals surface area contributed by atoms with Crippen LogP contribution in [-0.4, -0.2) is 21.6 Å². The molecular weight excluding hydrogens is 229 g/mol. The highest BCUT2D eigenvalue weighted by Gasteiger charge is 2.37. The maximum Gasteiger partial charge on any atom is 0.433 e. The number of aliphatic hydroxyl groups is 1. The third kappa shape index (κ3) is 2.89. The first-order valence-electron chi connectivity index (χ1n) is 4.14. The minimum atomic E-state index is -4.74. The molecule has 0 saturated carbocycles. The van der Waals surface area contributed by atoms with Crippen LogP contribution in [0.25, 0.3) is 0 Å². The monoisotopic (exact) mass is 236 g/mol. The number of nitrogens with zero attached hydrogens (tertiary/aromatic N) is 2. The van der Waals surface area contributed by atoms with Crippen LogP contribution in [0.2, 0.25) is 0 Å². The molecule has 0 amide bonds. The highest BCUT2D eigenvalue weighted by molar-refractivity contribution is 5.24. The van der Waals surface area contributed by atoms with E-state index in [4.69, 9.17) is 0 Å². The van der Waals surface area contributed by atoms with Gasteiger partial charge in [0.25, 0.3) is 0 Å². The molecule has 0 aliphatic carbocycles. The zero-order valence-corrected chi connectivity index (χ0v) is 7.81. The zero-order chi connectivity index (χ0) is 12.3. The highest BCUT2D eigenvalue weighted by atomic mass is 19.4. The third-order valence-electron chi connectivity index (χ3n) is 1.79. The van der Waals surface area contributed by atoms with E-state index in [2.05, 4.69) is 4.98 Å². The van der Waals surface area contributed by atoms with Crippen LogP contribution < -0.4 is 0 Å². The van der Waals surface area contributed by atoms with Crippen molar-refractivity contribution >= 4 is 0 Å². The van der Waals surface area contributed by atoms with Crippen LogP contribution in [0.5, 0.6) is 0 Å². The van der Waals surface area contributed by atoms with Gasteiger partial charge in [-0.2, -0.15) is 13.2 Å². The lowest BCUT2D eigenvalue weighted by atomic mass is 10.1. The second-order valence-corrected chi connectivity index (χ2v) is 2.97. The molecule has 0 bridgehead atoms. The molecule has 88 valence electrons. The van der Waals surface area contributed by atoms with Crippen molar-refractivity contribution in [2.45, 2.75) is 12.3 Å². The number of aliphatic hydroxyl groups excluding tert-OH is 1. The van der Waals surface area contributed by atoms with Crippen LogP contribution in [0.15, 0.2) is 18.3 Å². The molecule has 1 rings (SSSR count). The number of nitro groups is 1. The van der Waals surface area contributed by atoms with E-state index in [9.17, 15) is 28.4 Å². The number of pyridine rings is 1. The normalized spacial score (nSPS) is 13.5. The molecule has 0 aliphatic heterocycles. The summed E-state index contributed by atoms with van der Waals surface area (Å²) in [4.78, 5) is 12.3. The van der Waals surface area contributed by atoms with Crippen LogP contribution in [0.1, 0.15) is 17.4 Å². The second kappa shape index (κ2) is 4.44. The summed E-state index contributed by atoms with van der Waals surface area (Å²) in [6.07, 6.45) is -5.65. The number of halogens is 3. The molecule has 0 radical (unpaired) electrons. The van der Waals surface area contributed by atoms with Gasteiger partial charge in [0.2, 0.25) is 6.54 Å². The van der Waals surface area contributed by atoms with Gasteiger partial charge >= 0.3 is 6.18 Å². The lowest BCUT2D eigenvalue weighted by Gasteiger charge is -2.13. The van der Waals surface area contributed by atoms with Crippen LogP contribution in [0, 0.1) is 10.1 Å². The lowest BCUT2D eigenvalue weighted by molar-refractivity contribution is -0.491. The largest absolute Gasteiger partial charge is 0.433 e. The molecule has 1 heterocycles. The van der Waals surface area contributed by atoms with Gasteiger partial charge in [-0.25, -0.2) is 0 Å². The standard InChI is InChI=1S/C8H7F3N2O3/c9-8(10,11)7-5(2-1-3-12-7)6(14)4-13(15)16/h1-3,6,14H,4H2. The molecular formula is C8H7F3N2O3. The van der Waals surface area contributed by atoms with Gasteiger partial charge in [-0.3, -0.25) is 15.1 Å². The summed E-state index contributed by atoms with van der Waals surface area (Å²) in [5.41, 5.74) is -1.89. The van der Waals surface area contributed by atoms with E-state index in [1.165, 1.54) is 6.07 Å². The minimum absolute atomic E-state index is 0.591. The topological polar surface area (TPSA) is 76.3 Å². The fraction of sp³-hybridized carbons (Fsp3) is 0.375. The first kappa shape index (κ1) is 12.4. The number of aromatic nitrogens is 1. The van der Waals surface area contributed by atoms with E-state index in [0.29, 0.717) is 0 Å². The number of rotatable bonds is 3. The van der Waals surface area contributed by atoms with Crippen molar-refractivity contribution in [2.24, 2.45) is 0 Å². The van der Waals surface area contributed by atoms with Gasteiger partial charge in [-0.15, -0.1) is 0 Å². The molecule has 0 aromatic carbocycles. The summed E-state index contributed by atoms with van der Waals surface area (Å²) in [5, 5.41) is 19.3. The van der Waals surface area contributed by atoms with Crippen molar-refractivity contribution in [3.63, 3.8) is 0 Å². The predicted molar refractivity (Wildman–Crippen MR) is 46.1 cm³/mol. The third-order valence-corrected chi connectivity index (χ3v) is 1.79. The molecule has 1 aromatic heterocycles. The lowest BCUT2D eigenvalue weighted by Crippen LogP contribution is -2.18. The Labute approximate surface area is 87.7 Å².